The minimum Gasteiger partial charge on any atom is -0.396 e. The maximum atomic E-state index is 11.3. The van der Waals surface area contributed by atoms with Crippen LogP contribution in [0.2, 0.25) is 0 Å². The van der Waals surface area contributed by atoms with Crippen molar-refractivity contribution in [3.8, 4) is 0 Å². The summed E-state index contributed by atoms with van der Waals surface area (Å²) in [6.07, 6.45) is 3.75. The Balaban J connectivity index is 2.21. The lowest BCUT2D eigenvalue weighted by Crippen LogP contribution is -2.12. The van der Waals surface area contributed by atoms with Gasteiger partial charge in [0.25, 0.3) is 0 Å². The molecule has 0 bridgehead atoms. The Morgan fingerprint density at radius 1 is 1.50 bits per heavy atom. The largest absolute Gasteiger partial charge is 0.396 e. The van der Waals surface area contributed by atoms with Gasteiger partial charge in [0, 0.05) is 18.9 Å². The smallest absolute Gasteiger partial charge is 0.135 e. The number of hydrogen-bond acceptors (Lipinski definition) is 2. The van der Waals surface area contributed by atoms with Gasteiger partial charge >= 0.3 is 0 Å². The highest BCUT2D eigenvalue weighted by molar-refractivity contribution is 5.80. The second kappa shape index (κ2) is 3.56. The number of rotatable bonds is 5. The van der Waals surface area contributed by atoms with E-state index < -0.39 is 0 Å². The molecule has 0 aliphatic heterocycles. The van der Waals surface area contributed by atoms with Gasteiger partial charge in [-0.25, -0.2) is 0 Å². The van der Waals surface area contributed by atoms with E-state index in [1.165, 1.54) is 0 Å². The van der Waals surface area contributed by atoms with Crippen molar-refractivity contribution in [2.45, 2.75) is 39.5 Å². The molecular formula is C10H18O2. The molecule has 1 aliphatic carbocycles. The van der Waals surface area contributed by atoms with Crippen LogP contribution in [0.3, 0.4) is 0 Å². The van der Waals surface area contributed by atoms with Gasteiger partial charge in [0.15, 0.2) is 0 Å². The lowest BCUT2D eigenvalue weighted by molar-refractivity contribution is -0.122. The molecule has 0 radical (unpaired) electrons. The lowest BCUT2D eigenvalue weighted by atomic mass is 9.96. The van der Waals surface area contributed by atoms with Gasteiger partial charge in [-0.3, -0.25) is 4.79 Å². The maximum Gasteiger partial charge on any atom is 0.135 e. The predicted octanol–water partition coefficient (Wildman–Crippen LogP) is 1.76. The van der Waals surface area contributed by atoms with E-state index in [-0.39, 0.29) is 17.9 Å². The van der Waals surface area contributed by atoms with Crippen molar-refractivity contribution < 1.29 is 9.90 Å². The average molecular weight is 170 g/mol. The molecule has 0 unspecified atom stereocenters. The number of Topliss-reactive ketones (excluding diaryl/α,β-unsaturated/α-hetero) is 1. The van der Waals surface area contributed by atoms with Crippen LogP contribution in [-0.2, 0) is 4.79 Å². The summed E-state index contributed by atoms with van der Waals surface area (Å²) in [6, 6.07) is 0. The zero-order chi connectivity index (χ0) is 9.19. The first-order valence-electron chi connectivity index (χ1n) is 4.73. The van der Waals surface area contributed by atoms with Crippen molar-refractivity contribution in [2.24, 2.45) is 11.3 Å². The van der Waals surface area contributed by atoms with E-state index >= 15 is 0 Å². The molecule has 0 heterocycles. The molecule has 0 aromatic rings. The van der Waals surface area contributed by atoms with Crippen LogP contribution in [0.5, 0.6) is 0 Å². The molecule has 1 N–H and O–H groups in total. The van der Waals surface area contributed by atoms with Crippen LogP contribution in [0.1, 0.15) is 39.5 Å². The van der Waals surface area contributed by atoms with E-state index in [4.69, 9.17) is 5.11 Å². The summed E-state index contributed by atoms with van der Waals surface area (Å²) in [4.78, 5) is 11.3. The molecule has 0 amide bonds. The highest BCUT2D eigenvalue weighted by Crippen LogP contribution is 2.49. The Labute approximate surface area is 74.0 Å². The quantitative estimate of drug-likeness (QED) is 0.682. The van der Waals surface area contributed by atoms with Crippen LogP contribution >= 0.6 is 0 Å². The van der Waals surface area contributed by atoms with Crippen molar-refractivity contribution in [3.05, 3.63) is 0 Å². The van der Waals surface area contributed by atoms with Crippen LogP contribution in [0.25, 0.3) is 0 Å². The average Bonchev–Trinajstić information content (AvgIpc) is 2.81. The van der Waals surface area contributed by atoms with E-state index in [0.29, 0.717) is 12.2 Å². The third-order valence-electron chi connectivity index (χ3n) is 2.84. The van der Waals surface area contributed by atoms with Gasteiger partial charge in [-0.05, 0) is 24.7 Å². The number of carbonyl (C=O) groups is 1. The van der Waals surface area contributed by atoms with Gasteiger partial charge in [0.2, 0.25) is 0 Å². The van der Waals surface area contributed by atoms with Crippen molar-refractivity contribution in [3.63, 3.8) is 0 Å². The second-order valence-corrected chi connectivity index (χ2v) is 4.28. The standard InChI is InChI=1S/C10H18O2/c1-8(2)9(12)3-4-10(7-11)5-6-10/h8,11H,3-7H2,1-2H3. The predicted molar refractivity (Wildman–Crippen MR) is 47.8 cm³/mol. The molecule has 70 valence electrons. The van der Waals surface area contributed by atoms with E-state index in [1.54, 1.807) is 0 Å². The van der Waals surface area contributed by atoms with Gasteiger partial charge < -0.3 is 5.11 Å². The summed E-state index contributed by atoms with van der Waals surface area (Å²) in [5, 5.41) is 9.00. The van der Waals surface area contributed by atoms with Gasteiger partial charge in [-0.2, -0.15) is 0 Å². The molecule has 0 atom stereocenters. The first-order chi connectivity index (χ1) is 5.59. The Morgan fingerprint density at radius 2 is 2.08 bits per heavy atom. The summed E-state index contributed by atoms with van der Waals surface area (Å²) in [6.45, 7) is 4.13. The molecule has 0 spiro atoms. The number of aliphatic hydroxyl groups is 1. The minimum atomic E-state index is 0.143. The Hall–Kier alpha value is -0.370. The second-order valence-electron chi connectivity index (χ2n) is 4.28. The van der Waals surface area contributed by atoms with E-state index in [1.807, 2.05) is 13.8 Å². The number of carbonyl (C=O) groups excluding carboxylic acids is 1. The zero-order valence-electron chi connectivity index (χ0n) is 7.97. The fraction of sp³-hybridized carbons (Fsp3) is 0.900. The molecule has 2 heteroatoms. The van der Waals surface area contributed by atoms with Gasteiger partial charge in [-0.1, -0.05) is 13.8 Å². The van der Waals surface area contributed by atoms with E-state index in [2.05, 4.69) is 0 Å². The zero-order valence-corrected chi connectivity index (χ0v) is 7.97. The molecule has 1 fully saturated rings. The summed E-state index contributed by atoms with van der Waals surface area (Å²) in [5.74, 6) is 0.481. The monoisotopic (exact) mass is 170 g/mol. The molecular weight excluding hydrogens is 152 g/mol. The molecule has 1 saturated carbocycles. The molecule has 1 rings (SSSR count). The number of ketones is 1. The van der Waals surface area contributed by atoms with Crippen LogP contribution in [0.4, 0.5) is 0 Å². The maximum absolute atomic E-state index is 11.3. The molecule has 0 aromatic carbocycles. The third kappa shape index (κ3) is 2.31. The minimum absolute atomic E-state index is 0.143. The number of hydrogen-bond donors (Lipinski definition) is 1. The summed E-state index contributed by atoms with van der Waals surface area (Å²) < 4.78 is 0. The van der Waals surface area contributed by atoms with E-state index in [0.717, 1.165) is 19.3 Å². The van der Waals surface area contributed by atoms with Crippen LogP contribution in [0, 0.1) is 11.3 Å². The fourth-order valence-electron chi connectivity index (χ4n) is 1.34. The van der Waals surface area contributed by atoms with Gasteiger partial charge in [0.1, 0.15) is 5.78 Å². The van der Waals surface area contributed by atoms with Crippen molar-refractivity contribution in [2.75, 3.05) is 6.61 Å². The van der Waals surface area contributed by atoms with Crippen LogP contribution < -0.4 is 0 Å². The normalized spacial score (nSPS) is 19.7. The van der Waals surface area contributed by atoms with Crippen LogP contribution in [0.15, 0.2) is 0 Å². The third-order valence-corrected chi connectivity index (χ3v) is 2.84. The molecule has 0 saturated heterocycles. The van der Waals surface area contributed by atoms with Gasteiger partial charge in [0.05, 0.1) is 0 Å². The van der Waals surface area contributed by atoms with Gasteiger partial charge in [-0.15, -0.1) is 0 Å². The summed E-state index contributed by atoms with van der Waals surface area (Å²) >= 11 is 0. The number of aliphatic hydroxyl groups excluding tert-OH is 1. The van der Waals surface area contributed by atoms with Crippen molar-refractivity contribution in [1.29, 1.82) is 0 Å². The first-order valence-corrected chi connectivity index (χ1v) is 4.73. The SMILES string of the molecule is CC(C)C(=O)CCC1(CO)CC1. The summed E-state index contributed by atoms with van der Waals surface area (Å²) in [5.41, 5.74) is 0.143. The Morgan fingerprint density at radius 3 is 2.42 bits per heavy atom. The Bertz CT molecular complexity index is 169. The Kier molecular flexibility index (Phi) is 2.89. The fourth-order valence-corrected chi connectivity index (χ4v) is 1.34. The first kappa shape index (κ1) is 9.72. The highest BCUT2D eigenvalue weighted by atomic mass is 16.3. The molecule has 0 aromatic heterocycles. The molecule has 2 nitrogen and oxygen atoms in total. The van der Waals surface area contributed by atoms with Crippen LogP contribution in [-0.4, -0.2) is 17.5 Å². The molecule has 1 aliphatic rings. The topological polar surface area (TPSA) is 37.3 Å². The highest BCUT2D eigenvalue weighted by Gasteiger charge is 2.41. The van der Waals surface area contributed by atoms with E-state index in [9.17, 15) is 4.79 Å². The van der Waals surface area contributed by atoms with Crippen molar-refractivity contribution >= 4 is 5.78 Å². The summed E-state index contributed by atoms with van der Waals surface area (Å²) in [7, 11) is 0. The van der Waals surface area contributed by atoms with Crippen molar-refractivity contribution in [1.82, 2.24) is 0 Å². The molecule has 12 heavy (non-hydrogen) atoms. The lowest BCUT2D eigenvalue weighted by Gasteiger charge is -2.11.